The van der Waals surface area contributed by atoms with Gasteiger partial charge in [0.05, 0.1) is 12.0 Å². The number of carbonyl (C=O) groups is 2. The van der Waals surface area contributed by atoms with Gasteiger partial charge in [0.2, 0.25) is 11.8 Å². The molecule has 7 nitrogen and oxygen atoms in total. The van der Waals surface area contributed by atoms with Crippen molar-refractivity contribution in [1.82, 2.24) is 4.90 Å². The van der Waals surface area contributed by atoms with Crippen molar-refractivity contribution in [2.24, 2.45) is 0 Å². The molecule has 2 aromatic rings. The summed E-state index contributed by atoms with van der Waals surface area (Å²) in [6.07, 6.45) is 0.276. The van der Waals surface area contributed by atoms with E-state index in [4.69, 9.17) is 16.3 Å². The van der Waals surface area contributed by atoms with Crippen LogP contribution in [0.5, 0.6) is 5.75 Å². The number of imide groups is 1. The SMILES string of the molecule is COc1ccc(N(CN2C(=O)CCC2=O)CS(=O)(=O)c2ccc(Cl)cc2)cc1. The third-order valence-electron chi connectivity index (χ3n) is 4.40. The van der Waals surface area contributed by atoms with Gasteiger partial charge in [-0.1, -0.05) is 11.6 Å². The number of anilines is 1. The Labute approximate surface area is 168 Å². The highest BCUT2D eigenvalue weighted by Crippen LogP contribution is 2.24. The van der Waals surface area contributed by atoms with Crippen molar-refractivity contribution < 1.29 is 22.7 Å². The third kappa shape index (κ3) is 4.45. The van der Waals surface area contributed by atoms with Crippen LogP contribution in [0.15, 0.2) is 53.4 Å². The van der Waals surface area contributed by atoms with Crippen LogP contribution in [0.3, 0.4) is 0 Å². The highest BCUT2D eigenvalue weighted by molar-refractivity contribution is 7.91. The molecule has 0 aromatic heterocycles. The maximum Gasteiger partial charge on any atom is 0.231 e. The van der Waals surface area contributed by atoms with Crippen LogP contribution in [-0.4, -0.2) is 44.8 Å². The molecule has 148 valence electrons. The van der Waals surface area contributed by atoms with E-state index in [1.807, 2.05) is 0 Å². The van der Waals surface area contributed by atoms with Crippen molar-refractivity contribution in [2.45, 2.75) is 17.7 Å². The predicted octanol–water partition coefficient (Wildman–Crippen LogP) is 2.69. The largest absolute Gasteiger partial charge is 0.497 e. The van der Waals surface area contributed by atoms with Crippen molar-refractivity contribution in [1.29, 1.82) is 0 Å². The molecule has 0 spiro atoms. The molecule has 0 aliphatic carbocycles. The Kier molecular flexibility index (Phi) is 5.90. The summed E-state index contributed by atoms with van der Waals surface area (Å²) in [5.74, 6) is -0.421. The molecule has 1 heterocycles. The smallest absolute Gasteiger partial charge is 0.231 e. The summed E-state index contributed by atoms with van der Waals surface area (Å²) in [6.45, 7) is -0.142. The van der Waals surface area contributed by atoms with Crippen molar-refractivity contribution in [2.75, 3.05) is 24.6 Å². The number of sulfone groups is 1. The van der Waals surface area contributed by atoms with Gasteiger partial charge in [0.25, 0.3) is 0 Å². The molecule has 0 N–H and O–H groups in total. The van der Waals surface area contributed by atoms with Gasteiger partial charge >= 0.3 is 0 Å². The zero-order chi connectivity index (χ0) is 20.3. The highest BCUT2D eigenvalue weighted by Gasteiger charge is 2.32. The molecule has 3 rings (SSSR count). The van der Waals surface area contributed by atoms with Gasteiger partial charge in [0, 0.05) is 23.6 Å². The van der Waals surface area contributed by atoms with Gasteiger partial charge in [-0.3, -0.25) is 14.5 Å². The van der Waals surface area contributed by atoms with Gasteiger partial charge in [-0.05, 0) is 48.5 Å². The van der Waals surface area contributed by atoms with Crippen LogP contribution in [-0.2, 0) is 19.4 Å². The lowest BCUT2D eigenvalue weighted by Gasteiger charge is -2.28. The molecule has 2 amide bonds. The Hall–Kier alpha value is -2.58. The van der Waals surface area contributed by atoms with E-state index in [0.29, 0.717) is 16.5 Å². The van der Waals surface area contributed by atoms with Crippen molar-refractivity contribution in [3.8, 4) is 5.75 Å². The molecule has 0 unspecified atom stereocenters. The molecular formula is C19H19ClN2O5S. The molecule has 1 aliphatic heterocycles. The number of nitrogens with zero attached hydrogens (tertiary/aromatic N) is 2. The summed E-state index contributed by atoms with van der Waals surface area (Å²) >= 11 is 5.84. The maximum atomic E-state index is 12.9. The van der Waals surface area contributed by atoms with Crippen LogP contribution >= 0.6 is 11.6 Å². The summed E-state index contributed by atoms with van der Waals surface area (Å²) in [7, 11) is -2.20. The number of hydrogen-bond acceptors (Lipinski definition) is 6. The molecule has 2 aromatic carbocycles. The van der Waals surface area contributed by atoms with Crippen LogP contribution in [0, 0.1) is 0 Å². The van der Waals surface area contributed by atoms with E-state index in [9.17, 15) is 18.0 Å². The zero-order valence-corrected chi connectivity index (χ0v) is 16.7. The number of likely N-dealkylation sites (tertiary alicyclic amines) is 1. The number of methoxy groups -OCH3 is 1. The number of ether oxygens (including phenoxy) is 1. The lowest BCUT2D eigenvalue weighted by Crippen LogP contribution is -2.43. The summed E-state index contributed by atoms with van der Waals surface area (Å²) < 4.78 is 30.9. The topological polar surface area (TPSA) is 84.0 Å². The minimum Gasteiger partial charge on any atom is -0.497 e. The van der Waals surface area contributed by atoms with E-state index in [2.05, 4.69) is 0 Å². The maximum absolute atomic E-state index is 12.9. The molecule has 0 saturated carbocycles. The molecule has 1 saturated heterocycles. The third-order valence-corrected chi connectivity index (χ3v) is 6.30. The van der Waals surface area contributed by atoms with E-state index in [-0.39, 0.29) is 36.2 Å². The first-order valence-electron chi connectivity index (χ1n) is 8.51. The van der Waals surface area contributed by atoms with Gasteiger partial charge in [-0.25, -0.2) is 8.42 Å². The Balaban J connectivity index is 1.91. The summed E-state index contributed by atoms with van der Waals surface area (Å²) in [5.41, 5.74) is 0.547. The predicted molar refractivity (Wildman–Crippen MR) is 105 cm³/mol. The average molecular weight is 423 g/mol. The van der Waals surface area contributed by atoms with Gasteiger partial charge in [0.1, 0.15) is 18.3 Å². The van der Waals surface area contributed by atoms with Gasteiger partial charge in [0.15, 0.2) is 9.84 Å². The van der Waals surface area contributed by atoms with Crippen molar-refractivity contribution in [3.05, 3.63) is 53.6 Å². The quantitative estimate of drug-likeness (QED) is 0.638. The van der Waals surface area contributed by atoms with E-state index >= 15 is 0 Å². The summed E-state index contributed by atoms with van der Waals surface area (Å²) in [5, 5.41) is 0.430. The van der Waals surface area contributed by atoms with E-state index in [0.717, 1.165) is 4.90 Å². The first kappa shape index (κ1) is 20.2. The van der Waals surface area contributed by atoms with Crippen LogP contribution in [0.1, 0.15) is 12.8 Å². The highest BCUT2D eigenvalue weighted by atomic mass is 35.5. The summed E-state index contributed by atoms with van der Waals surface area (Å²) in [4.78, 5) is 26.7. The first-order chi connectivity index (χ1) is 13.3. The fourth-order valence-electron chi connectivity index (χ4n) is 2.86. The number of amides is 2. The van der Waals surface area contributed by atoms with E-state index in [1.165, 1.54) is 36.3 Å². The van der Waals surface area contributed by atoms with Gasteiger partial charge in [-0.2, -0.15) is 0 Å². The van der Waals surface area contributed by atoms with Crippen LogP contribution in [0.25, 0.3) is 0 Å². The molecule has 0 bridgehead atoms. The number of benzene rings is 2. The fraction of sp³-hybridized carbons (Fsp3) is 0.263. The lowest BCUT2D eigenvalue weighted by molar-refractivity contribution is -0.138. The summed E-state index contributed by atoms with van der Waals surface area (Å²) in [6, 6.07) is 12.6. The zero-order valence-electron chi connectivity index (χ0n) is 15.2. The Bertz CT molecular complexity index is 958. The fourth-order valence-corrected chi connectivity index (χ4v) is 4.33. The van der Waals surface area contributed by atoms with Crippen LogP contribution < -0.4 is 9.64 Å². The standard InChI is InChI=1S/C19H19ClN2O5S/c1-27-16-6-4-15(5-7-16)21(12-22-18(23)10-11-19(22)24)13-28(25,26)17-8-2-14(20)3-9-17/h2-9H,10-13H2,1H3. The van der Waals surface area contributed by atoms with E-state index in [1.54, 1.807) is 24.3 Å². The van der Waals surface area contributed by atoms with Crippen molar-refractivity contribution in [3.63, 3.8) is 0 Å². The molecule has 0 atom stereocenters. The minimum absolute atomic E-state index is 0.106. The molecular weight excluding hydrogens is 404 g/mol. The van der Waals surface area contributed by atoms with Gasteiger partial charge < -0.3 is 9.64 Å². The number of rotatable bonds is 7. The second kappa shape index (κ2) is 8.20. The van der Waals surface area contributed by atoms with E-state index < -0.39 is 15.7 Å². The molecule has 1 aliphatic rings. The number of hydrogen-bond donors (Lipinski definition) is 0. The second-order valence-corrected chi connectivity index (χ2v) is 8.69. The first-order valence-corrected chi connectivity index (χ1v) is 10.5. The van der Waals surface area contributed by atoms with Crippen LogP contribution in [0.2, 0.25) is 5.02 Å². The molecule has 9 heteroatoms. The minimum atomic E-state index is -3.73. The Morgan fingerprint density at radius 3 is 2.11 bits per heavy atom. The van der Waals surface area contributed by atoms with Crippen LogP contribution in [0.4, 0.5) is 5.69 Å². The molecule has 1 fully saturated rings. The number of halogens is 1. The second-order valence-electron chi connectivity index (χ2n) is 6.29. The Morgan fingerprint density at radius 2 is 1.57 bits per heavy atom. The molecule has 28 heavy (non-hydrogen) atoms. The number of carbonyl (C=O) groups excluding carboxylic acids is 2. The molecule has 0 radical (unpaired) electrons. The monoisotopic (exact) mass is 422 g/mol. The van der Waals surface area contributed by atoms with Gasteiger partial charge in [-0.15, -0.1) is 0 Å². The normalized spacial score (nSPS) is 14.4. The average Bonchev–Trinajstić information content (AvgIpc) is 2.99. The van der Waals surface area contributed by atoms with Crippen molar-refractivity contribution >= 4 is 38.9 Å². The Morgan fingerprint density at radius 1 is 1.00 bits per heavy atom. The lowest BCUT2D eigenvalue weighted by atomic mass is 10.3.